The number of ether oxygens (including phenoxy) is 1. The van der Waals surface area contributed by atoms with E-state index in [1.165, 1.54) is 0 Å². The normalized spacial score (nSPS) is 12.4. The summed E-state index contributed by atoms with van der Waals surface area (Å²) >= 11 is 0. The number of rotatable bonds is 6. The van der Waals surface area contributed by atoms with Gasteiger partial charge in [-0.25, -0.2) is 0 Å². The fraction of sp³-hybridized carbons (Fsp3) is 0.545. The average molecular weight is 226 g/mol. The first-order valence-corrected chi connectivity index (χ1v) is 5.24. The molecule has 5 nitrogen and oxygen atoms in total. The summed E-state index contributed by atoms with van der Waals surface area (Å²) in [6, 6.07) is 3.32. The van der Waals surface area contributed by atoms with E-state index in [2.05, 4.69) is 5.32 Å². The van der Waals surface area contributed by atoms with Crippen molar-refractivity contribution in [3.05, 3.63) is 24.0 Å². The Hall–Kier alpha value is -1.33. The summed E-state index contributed by atoms with van der Waals surface area (Å²) in [5.74, 6) is -0.178. The molecule has 0 aliphatic heterocycles. The zero-order valence-electron chi connectivity index (χ0n) is 9.64. The fourth-order valence-corrected chi connectivity index (χ4v) is 1.35. The van der Waals surface area contributed by atoms with Gasteiger partial charge in [0.15, 0.2) is 0 Å². The molecule has 5 heteroatoms. The minimum atomic E-state index is -0.238. The number of hydrogen-bond donors (Lipinski definition) is 2. The lowest BCUT2D eigenvalue weighted by molar-refractivity contribution is 0.0910. The molecule has 0 radical (unpaired) electrons. The van der Waals surface area contributed by atoms with Crippen molar-refractivity contribution in [2.75, 3.05) is 20.3 Å². The van der Waals surface area contributed by atoms with Crippen molar-refractivity contribution in [2.45, 2.75) is 19.5 Å². The molecule has 0 aliphatic rings. The molecular weight excluding hydrogens is 208 g/mol. The maximum absolute atomic E-state index is 11.8. The van der Waals surface area contributed by atoms with Gasteiger partial charge in [0, 0.05) is 25.9 Å². The van der Waals surface area contributed by atoms with E-state index >= 15 is 0 Å². The quantitative estimate of drug-likeness (QED) is 0.730. The van der Waals surface area contributed by atoms with Crippen molar-refractivity contribution in [3.8, 4) is 0 Å². The van der Waals surface area contributed by atoms with Gasteiger partial charge in [0.2, 0.25) is 0 Å². The average Bonchev–Trinajstić information content (AvgIpc) is 2.74. The third-order valence-corrected chi connectivity index (χ3v) is 2.25. The lowest BCUT2D eigenvalue weighted by Gasteiger charge is -2.12. The number of aromatic nitrogens is 1. The molecule has 1 amide bonds. The lowest BCUT2D eigenvalue weighted by atomic mass is 10.3. The Morgan fingerprint density at radius 2 is 2.44 bits per heavy atom. The largest absolute Gasteiger partial charge is 0.394 e. The Kier molecular flexibility index (Phi) is 5.01. The Morgan fingerprint density at radius 1 is 1.69 bits per heavy atom. The third-order valence-electron chi connectivity index (χ3n) is 2.25. The highest BCUT2D eigenvalue weighted by molar-refractivity contribution is 5.92. The second-order valence-electron chi connectivity index (χ2n) is 3.64. The first kappa shape index (κ1) is 12.7. The Morgan fingerprint density at radius 3 is 3.06 bits per heavy atom. The van der Waals surface area contributed by atoms with Gasteiger partial charge in [0.25, 0.3) is 5.91 Å². The van der Waals surface area contributed by atoms with Crippen LogP contribution in [0.3, 0.4) is 0 Å². The summed E-state index contributed by atoms with van der Waals surface area (Å²) in [6.07, 6.45) is 1.83. The van der Waals surface area contributed by atoms with E-state index in [1.807, 2.05) is 16.8 Å². The summed E-state index contributed by atoms with van der Waals surface area (Å²) in [4.78, 5) is 11.8. The van der Waals surface area contributed by atoms with Crippen molar-refractivity contribution in [2.24, 2.45) is 0 Å². The topological polar surface area (TPSA) is 63.5 Å². The van der Waals surface area contributed by atoms with Crippen LogP contribution in [0.2, 0.25) is 0 Å². The van der Waals surface area contributed by atoms with Crippen molar-refractivity contribution in [1.29, 1.82) is 0 Å². The van der Waals surface area contributed by atoms with E-state index in [0.717, 1.165) is 0 Å². The molecule has 1 heterocycles. The number of carbonyl (C=O) groups is 1. The van der Waals surface area contributed by atoms with Crippen LogP contribution in [0, 0.1) is 0 Å². The zero-order chi connectivity index (χ0) is 12.0. The molecule has 0 unspecified atom stereocenters. The summed E-state index contributed by atoms with van der Waals surface area (Å²) in [7, 11) is 1.62. The standard InChI is InChI=1S/C11H18N2O3/c1-9(8-14)12-11(15)10-4-3-5-13(10)6-7-16-2/h3-5,9,14H,6-8H2,1-2H3,(H,12,15)/t9-/m1/s1. The second-order valence-corrected chi connectivity index (χ2v) is 3.64. The monoisotopic (exact) mass is 226 g/mol. The molecule has 1 rings (SSSR count). The molecule has 0 aromatic carbocycles. The Bertz CT molecular complexity index is 336. The minimum Gasteiger partial charge on any atom is -0.394 e. The van der Waals surface area contributed by atoms with Crippen LogP contribution >= 0.6 is 0 Å². The summed E-state index contributed by atoms with van der Waals surface area (Å²) in [5.41, 5.74) is 0.581. The number of methoxy groups -OCH3 is 1. The van der Waals surface area contributed by atoms with Gasteiger partial charge in [-0.2, -0.15) is 0 Å². The van der Waals surface area contributed by atoms with Gasteiger partial charge in [-0.05, 0) is 19.1 Å². The van der Waals surface area contributed by atoms with Gasteiger partial charge in [0.05, 0.1) is 13.2 Å². The van der Waals surface area contributed by atoms with Gasteiger partial charge in [-0.15, -0.1) is 0 Å². The molecule has 2 N–H and O–H groups in total. The van der Waals surface area contributed by atoms with Gasteiger partial charge in [-0.1, -0.05) is 0 Å². The predicted octanol–water partition coefficient (Wildman–Crippen LogP) is 0.245. The highest BCUT2D eigenvalue weighted by Crippen LogP contribution is 2.02. The van der Waals surface area contributed by atoms with E-state index in [-0.39, 0.29) is 18.6 Å². The summed E-state index contributed by atoms with van der Waals surface area (Å²) in [5, 5.41) is 11.5. The Balaban J connectivity index is 2.64. The SMILES string of the molecule is COCCn1cccc1C(=O)N[C@H](C)CO. The minimum absolute atomic E-state index is 0.0650. The number of carbonyl (C=O) groups excluding carboxylic acids is 1. The molecule has 1 aromatic heterocycles. The molecule has 16 heavy (non-hydrogen) atoms. The molecule has 90 valence electrons. The molecule has 0 fully saturated rings. The van der Waals surface area contributed by atoms with E-state index in [4.69, 9.17) is 9.84 Å². The van der Waals surface area contributed by atoms with Gasteiger partial charge >= 0.3 is 0 Å². The van der Waals surface area contributed by atoms with Crippen LogP contribution in [0.25, 0.3) is 0 Å². The van der Waals surface area contributed by atoms with Gasteiger partial charge in [0.1, 0.15) is 5.69 Å². The van der Waals surface area contributed by atoms with Crippen LogP contribution in [0.5, 0.6) is 0 Å². The highest BCUT2D eigenvalue weighted by Gasteiger charge is 2.12. The summed E-state index contributed by atoms with van der Waals surface area (Å²) < 4.78 is 6.78. The van der Waals surface area contributed by atoms with Crippen LogP contribution in [-0.4, -0.2) is 41.9 Å². The predicted molar refractivity (Wildman–Crippen MR) is 60.3 cm³/mol. The van der Waals surface area contributed by atoms with Crippen LogP contribution < -0.4 is 5.32 Å². The maximum atomic E-state index is 11.8. The molecule has 1 atom stereocenters. The molecule has 0 bridgehead atoms. The van der Waals surface area contributed by atoms with Gasteiger partial charge in [-0.3, -0.25) is 4.79 Å². The first-order valence-electron chi connectivity index (χ1n) is 5.24. The second kappa shape index (κ2) is 6.30. The molecular formula is C11H18N2O3. The number of nitrogens with zero attached hydrogens (tertiary/aromatic N) is 1. The number of aliphatic hydroxyl groups excluding tert-OH is 1. The number of aliphatic hydroxyl groups is 1. The summed E-state index contributed by atoms with van der Waals surface area (Å²) in [6.45, 7) is 2.88. The molecule has 0 aliphatic carbocycles. The van der Waals surface area contributed by atoms with Crippen molar-refractivity contribution >= 4 is 5.91 Å². The van der Waals surface area contributed by atoms with E-state index in [1.54, 1.807) is 20.1 Å². The smallest absolute Gasteiger partial charge is 0.268 e. The van der Waals surface area contributed by atoms with E-state index < -0.39 is 0 Å². The number of nitrogens with one attached hydrogen (secondary N) is 1. The number of amides is 1. The van der Waals surface area contributed by atoms with Crippen LogP contribution in [0.15, 0.2) is 18.3 Å². The molecule has 0 spiro atoms. The van der Waals surface area contributed by atoms with E-state index in [9.17, 15) is 4.79 Å². The maximum Gasteiger partial charge on any atom is 0.268 e. The van der Waals surface area contributed by atoms with Crippen molar-refractivity contribution < 1.29 is 14.6 Å². The van der Waals surface area contributed by atoms with Crippen LogP contribution in [-0.2, 0) is 11.3 Å². The van der Waals surface area contributed by atoms with Crippen LogP contribution in [0.1, 0.15) is 17.4 Å². The first-order chi connectivity index (χ1) is 7.69. The fourth-order valence-electron chi connectivity index (χ4n) is 1.35. The molecule has 1 aromatic rings. The van der Waals surface area contributed by atoms with Crippen molar-refractivity contribution in [1.82, 2.24) is 9.88 Å². The molecule has 0 saturated carbocycles. The third kappa shape index (κ3) is 3.36. The van der Waals surface area contributed by atoms with Gasteiger partial charge < -0.3 is 19.7 Å². The lowest BCUT2D eigenvalue weighted by Crippen LogP contribution is -2.36. The van der Waals surface area contributed by atoms with Crippen molar-refractivity contribution in [3.63, 3.8) is 0 Å². The number of hydrogen-bond acceptors (Lipinski definition) is 3. The van der Waals surface area contributed by atoms with Crippen LogP contribution in [0.4, 0.5) is 0 Å². The highest BCUT2D eigenvalue weighted by atomic mass is 16.5. The Labute approximate surface area is 95.0 Å². The molecule has 0 saturated heterocycles. The zero-order valence-corrected chi connectivity index (χ0v) is 9.64. The van der Waals surface area contributed by atoms with E-state index in [0.29, 0.717) is 18.8 Å².